The van der Waals surface area contributed by atoms with Gasteiger partial charge in [0.25, 0.3) is 0 Å². The summed E-state index contributed by atoms with van der Waals surface area (Å²) in [5.41, 5.74) is 5.87. The van der Waals surface area contributed by atoms with E-state index in [1.54, 1.807) is 0 Å². The second-order valence-corrected chi connectivity index (χ2v) is 8.76. The smallest absolute Gasteiger partial charge is 0.112 e. The SMILES string of the molecule is CCCCCCCCS(=O)(=O)[N-]S(=O)(=O)c1ccc(N)cc1. The van der Waals surface area contributed by atoms with Crippen LogP contribution < -0.4 is 5.73 Å². The molecule has 2 N–H and O–H groups in total. The van der Waals surface area contributed by atoms with Gasteiger partial charge in [-0.3, -0.25) is 0 Å². The van der Waals surface area contributed by atoms with Crippen LogP contribution in [-0.4, -0.2) is 22.6 Å². The van der Waals surface area contributed by atoms with Crippen molar-refractivity contribution in [3.8, 4) is 0 Å². The Morgan fingerprint density at radius 1 is 0.909 bits per heavy atom. The van der Waals surface area contributed by atoms with Gasteiger partial charge < -0.3 is 9.86 Å². The van der Waals surface area contributed by atoms with Crippen LogP contribution in [0.2, 0.25) is 0 Å². The van der Waals surface area contributed by atoms with Gasteiger partial charge in [0.1, 0.15) is 10.0 Å². The minimum Gasteiger partial charge on any atom is -0.432 e. The van der Waals surface area contributed by atoms with Crippen molar-refractivity contribution in [2.75, 3.05) is 11.5 Å². The molecule has 0 bridgehead atoms. The standard InChI is InChI=1S/C14H23N2O4S2/c1-2-3-4-5-6-7-12-21(17,18)16-22(19,20)14-10-8-13(15)9-11-14/h8-11H,2-7,12,15H2,1H3/q-1. The van der Waals surface area contributed by atoms with Crippen molar-refractivity contribution < 1.29 is 16.8 Å². The Morgan fingerprint density at radius 2 is 1.45 bits per heavy atom. The van der Waals surface area contributed by atoms with E-state index < -0.39 is 20.0 Å². The zero-order chi connectivity index (χ0) is 16.6. The number of nitrogen functional groups attached to an aromatic ring is 1. The number of hydrogen-bond donors (Lipinski definition) is 1. The first-order valence-corrected chi connectivity index (χ1v) is 10.4. The monoisotopic (exact) mass is 347 g/mol. The summed E-state index contributed by atoms with van der Waals surface area (Å²) in [5, 5.41) is 0. The van der Waals surface area contributed by atoms with Crippen molar-refractivity contribution in [1.82, 2.24) is 0 Å². The van der Waals surface area contributed by atoms with E-state index in [-0.39, 0.29) is 10.6 Å². The fraction of sp³-hybridized carbons (Fsp3) is 0.571. The topological polar surface area (TPSA) is 108 Å². The van der Waals surface area contributed by atoms with E-state index in [2.05, 4.69) is 11.1 Å². The van der Waals surface area contributed by atoms with Crippen molar-refractivity contribution in [1.29, 1.82) is 0 Å². The maximum atomic E-state index is 11.9. The minimum atomic E-state index is -4.20. The Kier molecular flexibility index (Phi) is 7.31. The van der Waals surface area contributed by atoms with Gasteiger partial charge in [0.15, 0.2) is 0 Å². The third-order valence-corrected chi connectivity index (χ3v) is 6.51. The third-order valence-electron chi connectivity index (χ3n) is 3.15. The molecule has 22 heavy (non-hydrogen) atoms. The van der Waals surface area contributed by atoms with Crippen molar-refractivity contribution in [3.05, 3.63) is 28.4 Å². The van der Waals surface area contributed by atoms with E-state index in [4.69, 9.17) is 5.73 Å². The van der Waals surface area contributed by atoms with Crippen LogP contribution in [0.3, 0.4) is 0 Å². The number of benzene rings is 1. The first-order chi connectivity index (χ1) is 10.3. The highest BCUT2D eigenvalue weighted by molar-refractivity contribution is 8.12. The molecule has 1 rings (SSSR count). The van der Waals surface area contributed by atoms with Crippen LogP contribution in [0.15, 0.2) is 29.2 Å². The number of unbranched alkanes of at least 4 members (excludes halogenated alkanes) is 5. The predicted octanol–water partition coefficient (Wildman–Crippen LogP) is 3.02. The summed E-state index contributed by atoms with van der Waals surface area (Å²) >= 11 is 0. The van der Waals surface area contributed by atoms with Gasteiger partial charge in [0, 0.05) is 16.3 Å². The van der Waals surface area contributed by atoms with Gasteiger partial charge in [-0.2, -0.15) is 0 Å². The Labute approximate surface area is 133 Å². The highest BCUT2D eigenvalue weighted by Crippen LogP contribution is 2.22. The molecule has 1 aromatic carbocycles. The zero-order valence-corrected chi connectivity index (χ0v) is 14.4. The largest absolute Gasteiger partial charge is 0.432 e. The van der Waals surface area contributed by atoms with E-state index in [0.29, 0.717) is 12.1 Å². The lowest BCUT2D eigenvalue weighted by molar-refractivity contribution is 0.586. The first kappa shape index (κ1) is 18.9. The van der Waals surface area contributed by atoms with E-state index in [9.17, 15) is 16.8 Å². The molecule has 0 saturated carbocycles. The summed E-state index contributed by atoms with van der Waals surface area (Å²) in [6, 6.07) is 5.27. The molecule has 0 aliphatic heterocycles. The lowest BCUT2D eigenvalue weighted by Gasteiger charge is -2.20. The lowest BCUT2D eigenvalue weighted by atomic mass is 10.1. The molecule has 0 aliphatic carbocycles. The van der Waals surface area contributed by atoms with Crippen molar-refractivity contribution in [2.24, 2.45) is 0 Å². The zero-order valence-electron chi connectivity index (χ0n) is 12.7. The van der Waals surface area contributed by atoms with Gasteiger partial charge in [-0.1, -0.05) is 39.0 Å². The van der Waals surface area contributed by atoms with Gasteiger partial charge in [0.2, 0.25) is 0 Å². The Bertz CT molecular complexity index is 653. The van der Waals surface area contributed by atoms with Crippen molar-refractivity contribution in [3.63, 3.8) is 0 Å². The minimum absolute atomic E-state index is 0.173. The fourth-order valence-electron chi connectivity index (χ4n) is 1.93. The molecule has 0 spiro atoms. The Balaban J connectivity index is 2.54. The second-order valence-electron chi connectivity index (χ2n) is 5.17. The molecule has 0 heterocycles. The maximum absolute atomic E-state index is 11.9. The van der Waals surface area contributed by atoms with Gasteiger partial charge in [-0.15, -0.1) is 0 Å². The molecule has 0 amide bonds. The van der Waals surface area contributed by atoms with Gasteiger partial charge in [-0.25, -0.2) is 16.8 Å². The number of sulfonamides is 2. The highest BCUT2D eigenvalue weighted by atomic mass is 32.3. The summed E-state index contributed by atoms with van der Waals surface area (Å²) in [6.45, 7) is 2.10. The number of hydrogen-bond acceptors (Lipinski definition) is 5. The molecule has 126 valence electrons. The molecule has 0 atom stereocenters. The number of nitrogens with two attached hydrogens (primary N) is 1. The van der Waals surface area contributed by atoms with E-state index >= 15 is 0 Å². The van der Waals surface area contributed by atoms with Crippen LogP contribution in [0.1, 0.15) is 45.4 Å². The van der Waals surface area contributed by atoms with Crippen molar-refractivity contribution in [2.45, 2.75) is 50.3 Å². The molecular weight excluding hydrogens is 324 g/mol. The van der Waals surface area contributed by atoms with Gasteiger partial charge >= 0.3 is 0 Å². The van der Waals surface area contributed by atoms with Crippen LogP contribution in [0.4, 0.5) is 5.69 Å². The Hall–Kier alpha value is -1.12. The average Bonchev–Trinajstić information content (AvgIpc) is 2.42. The molecule has 0 unspecified atom stereocenters. The lowest BCUT2D eigenvalue weighted by Crippen LogP contribution is -2.11. The predicted molar refractivity (Wildman–Crippen MR) is 88.6 cm³/mol. The van der Waals surface area contributed by atoms with E-state index in [1.807, 2.05) is 0 Å². The van der Waals surface area contributed by atoms with Crippen LogP contribution in [0.5, 0.6) is 0 Å². The van der Waals surface area contributed by atoms with Crippen LogP contribution in [0, 0.1) is 0 Å². The normalized spacial score (nSPS) is 12.4. The average molecular weight is 347 g/mol. The van der Waals surface area contributed by atoms with E-state index in [0.717, 1.165) is 32.1 Å². The molecule has 0 radical (unpaired) electrons. The van der Waals surface area contributed by atoms with Crippen LogP contribution >= 0.6 is 0 Å². The summed E-state index contributed by atoms with van der Waals surface area (Å²) in [5.74, 6) is -0.243. The molecule has 1 aromatic rings. The maximum Gasteiger partial charge on any atom is 0.112 e. The van der Waals surface area contributed by atoms with Crippen LogP contribution in [0.25, 0.3) is 4.13 Å². The fourth-order valence-corrected chi connectivity index (χ4v) is 4.82. The molecule has 8 heteroatoms. The van der Waals surface area contributed by atoms with Gasteiger partial charge in [0.05, 0.1) is 10.0 Å². The summed E-state index contributed by atoms with van der Waals surface area (Å²) in [4.78, 5) is -0.173. The Morgan fingerprint density at radius 3 is 2.05 bits per heavy atom. The highest BCUT2D eigenvalue weighted by Gasteiger charge is 2.10. The summed E-state index contributed by atoms with van der Waals surface area (Å²) < 4.78 is 50.6. The van der Waals surface area contributed by atoms with Crippen LogP contribution in [-0.2, 0) is 20.0 Å². The molecule has 6 nitrogen and oxygen atoms in total. The third kappa shape index (κ3) is 6.76. The van der Waals surface area contributed by atoms with Gasteiger partial charge in [-0.05, 0) is 30.7 Å². The molecule has 0 aliphatic rings. The van der Waals surface area contributed by atoms with Crippen molar-refractivity contribution >= 4 is 25.7 Å². The molecule has 0 aromatic heterocycles. The molecular formula is C14H23N2O4S2-. The quantitative estimate of drug-likeness (QED) is 0.517. The first-order valence-electron chi connectivity index (χ1n) is 7.34. The number of rotatable bonds is 10. The summed E-state index contributed by atoms with van der Waals surface area (Å²) in [7, 11) is -8.19. The molecule has 0 saturated heterocycles. The number of anilines is 1. The second kappa shape index (κ2) is 8.50. The summed E-state index contributed by atoms with van der Waals surface area (Å²) in [6.07, 6.45) is 5.45. The molecule has 0 fully saturated rings. The number of nitrogens with zero attached hydrogens (tertiary/aromatic N) is 1. The van der Waals surface area contributed by atoms with E-state index in [1.165, 1.54) is 24.3 Å².